The molecule has 2 aliphatic heterocycles. The Hall–Kier alpha value is -3.26. The van der Waals surface area contributed by atoms with Gasteiger partial charge in [0.15, 0.2) is 0 Å². The molecule has 0 saturated carbocycles. The number of nitrogens with zero attached hydrogens (tertiary/aromatic N) is 2. The zero-order valence-corrected chi connectivity index (χ0v) is 18.3. The van der Waals surface area contributed by atoms with Gasteiger partial charge in [-0.3, -0.25) is 15.1 Å². The summed E-state index contributed by atoms with van der Waals surface area (Å²) in [5.41, 5.74) is 3.14. The topological polar surface area (TPSA) is 64.8 Å². The smallest absolute Gasteiger partial charge is 0.123 e. The molecule has 2 atom stereocenters. The van der Waals surface area contributed by atoms with Crippen LogP contribution in [0.2, 0.25) is 0 Å². The van der Waals surface area contributed by atoms with E-state index in [4.69, 9.17) is 9.47 Å². The van der Waals surface area contributed by atoms with Crippen molar-refractivity contribution in [2.45, 2.75) is 25.6 Å². The quantitative estimate of drug-likeness (QED) is 0.647. The number of aromatic nitrogens is 1. The Morgan fingerprint density at radius 2 is 1.97 bits per heavy atom. The van der Waals surface area contributed by atoms with Crippen LogP contribution in [0.4, 0.5) is 5.69 Å². The van der Waals surface area contributed by atoms with E-state index in [0.717, 1.165) is 48.8 Å². The summed E-state index contributed by atoms with van der Waals surface area (Å²) in [6.45, 7) is 5.41. The van der Waals surface area contributed by atoms with Gasteiger partial charge < -0.3 is 19.8 Å². The predicted octanol–water partition coefficient (Wildman–Crippen LogP) is 2.41. The molecule has 2 aromatic rings. The van der Waals surface area contributed by atoms with Crippen molar-refractivity contribution < 1.29 is 9.47 Å². The van der Waals surface area contributed by atoms with E-state index in [-0.39, 0.29) is 6.17 Å². The van der Waals surface area contributed by atoms with Crippen molar-refractivity contribution in [3.05, 3.63) is 41.7 Å². The molecule has 0 radical (unpaired) electrons. The number of hydrogen-bond acceptors (Lipinski definition) is 6. The molecule has 0 spiro atoms. The molecule has 4 rings (SSSR count). The molecule has 2 aliphatic rings. The van der Waals surface area contributed by atoms with Gasteiger partial charge in [-0.25, -0.2) is 0 Å². The molecule has 0 bridgehead atoms. The molecule has 31 heavy (non-hydrogen) atoms. The maximum atomic E-state index is 5.37. The van der Waals surface area contributed by atoms with Crippen LogP contribution >= 0.6 is 0 Å². The third-order valence-electron chi connectivity index (χ3n) is 5.66. The van der Waals surface area contributed by atoms with Crippen LogP contribution in [-0.2, 0) is 0 Å². The van der Waals surface area contributed by atoms with Crippen molar-refractivity contribution >= 4 is 5.69 Å². The minimum absolute atomic E-state index is 0.00436. The molecular formula is C24H29N5O2. The molecule has 1 aromatic carbocycles. The molecular weight excluding hydrogens is 390 g/mol. The van der Waals surface area contributed by atoms with Crippen molar-refractivity contribution in [3.8, 4) is 35.3 Å². The summed E-state index contributed by atoms with van der Waals surface area (Å²) in [6, 6.07) is 9.41. The fourth-order valence-electron chi connectivity index (χ4n) is 4.01. The molecule has 0 amide bonds. The third-order valence-corrected chi connectivity index (χ3v) is 5.66. The van der Waals surface area contributed by atoms with Crippen LogP contribution in [0.5, 0.6) is 11.5 Å². The molecule has 1 unspecified atom stereocenters. The van der Waals surface area contributed by atoms with Crippen LogP contribution in [0.1, 0.15) is 30.6 Å². The number of ether oxygens (including phenoxy) is 2. The summed E-state index contributed by atoms with van der Waals surface area (Å²) >= 11 is 0. The maximum Gasteiger partial charge on any atom is 0.123 e. The Morgan fingerprint density at radius 1 is 1.16 bits per heavy atom. The normalized spacial score (nSPS) is 20.0. The van der Waals surface area contributed by atoms with Crippen molar-refractivity contribution in [1.29, 1.82) is 0 Å². The van der Waals surface area contributed by atoms with E-state index in [9.17, 15) is 0 Å². The van der Waals surface area contributed by atoms with Gasteiger partial charge in [0, 0.05) is 54.8 Å². The van der Waals surface area contributed by atoms with Gasteiger partial charge in [0.05, 0.1) is 33.1 Å². The van der Waals surface area contributed by atoms with Crippen LogP contribution in [0.15, 0.2) is 30.6 Å². The number of aromatic amines is 1. The van der Waals surface area contributed by atoms with Crippen molar-refractivity contribution in [2.75, 3.05) is 45.8 Å². The van der Waals surface area contributed by atoms with Gasteiger partial charge in [0.2, 0.25) is 0 Å². The summed E-state index contributed by atoms with van der Waals surface area (Å²) in [7, 11) is 3.29. The molecule has 3 N–H and O–H groups in total. The highest BCUT2D eigenvalue weighted by Gasteiger charge is 2.31. The standard InChI is InChI=1S/C24H29N5O2/c1-4-5-8-28-9-7-19(16-28)27-24-22-14-25-15-23(22)26-17-29(24)10-6-18-11-20(30-2)13-21(12-18)31-3/h11-15,19,24-27H,7-9,16-17H2,1-3H3/t19?,24-/m0/s1. The SMILES string of the molecule is CC#CCN1CCC(N[C@@H]2c3c[nH]cc3NCN2C#Cc2cc(OC)cc(OC)c2)C1. The van der Waals surface area contributed by atoms with Gasteiger partial charge in [0.25, 0.3) is 0 Å². The average molecular weight is 420 g/mol. The highest BCUT2D eigenvalue weighted by atomic mass is 16.5. The van der Waals surface area contributed by atoms with Crippen molar-refractivity contribution in [2.24, 2.45) is 0 Å². The second-order valence-electron chi connectivity index (χ2n) is 7.68. The van der Waals surface area contributed by atoms with Crippen LogP contribution in [0.25, 0.3) is 0 Å². The lowest BCUT2D eigenvalue weighted by Crippen LogP contribution is -2.46. The van der Waals surface area contributed by atoms with E-state index >= 15 is 0 Å². The third kappa shape index (κ3) is 4.91. The first-order valence-corrected chi connectivity index (χ1v) is 10.5. The van der Waals surface area contributed by atoms with Gasteiger partial charge in [-0.15, -0.1) is 5.92 Å². The first kappa shape index (κ1) is 21.0. The summed E-state index contributed by atoms with van der Waals surface area (Å²) < 4.78 is 10.7. The maximum absolute atomic E-state index is 5.37. The lowest BCUT2D eigenvalue weighted by Gasteiger charge is -2.36. The number of H-pyrrole nitrogens is 1. The summed E-state index contributed by atoms with van der Waals surface area (Å²) in [4.78, 5) is 7.72. The summed E-state index contributed by atoms with van der Waals surface area (Å²) in [6.07, 6.45) is 5.14. The molecule has 162 valence electrons. The summed E-state index contributed by atoms with van der Waals surface area (Å²) in [5.74, 6) is 10.9. The van der Waals surface area contributed by atoms with E-state index in [1.54, 1.807) is 14.2 Å². The van der Waals surface area contributed by atoms with E-state index in [2.05, 4.69) is 49.2 Å². The highest BCUT2D eigenvalue weighted by molar-refractivity contribution is 5.53. The average Bonchev–Trinajstić information content (AvgIpc) is 3.46. The highest BCUT2D eigenvalue weighted by Crippen LogP contribution is 2.31. The largest absolute Gasteiger partial charge is 0.497 e. The number of likely N-dealkylation sites (tertiary alicyclic amines) is 1. The number of anilines is 1. The Bertz CT molecular complexity index is 1000. The van der Waals surface area contributed by atoms with E-state index in [1.165, 1.54) is 5.56 Å². The summed E-state index contributed by atoms with van der Waals surface area (Å²) in [5, 5.41) is 7.26. The zero-order valence-electron chi connectivity index (χ0n) is 18.3. The fraction of sp³-hybridized carbons (Fsp3) is 0.417. The Kier molecular flexibility index (Phi) is 6.57. The second-order valence-corrected chi connectivity index (χ2v) is 7.68. The predicted molar refractivity (Wildman–Crippen MR) is 122 cm³/mol. The van der Waals surface area contributed by atoms with Crippen LogP contribution in [0.3, 0.4) is 0 Å². The van der Waals surface area contributed by atoms with Crippen LogP contribution < -0.4 is 20.1 Å². The second kappa shape index (κ2) is 9.70. The van der Waals surface area contributed by atoms with Gasteiger partial charge in [-0.2, -0.15) is 0 Å². The number of methoxy groups -OCH3 is 2. The van der Waals surface area contributed by atoms with Gasteiger partial charge >= 0.3 is 0 Å². The van der Waals surface area contributed by atoms with Crippen LogP contribution in [-0.4, -0.2) is 61.3 Å². The lowest BCUT2D eigenvalue weighted by molar-refractivity contribution is 0.231. The van der Waals surface area contributed by atoms with Gasteiger partial charge in [-0.1, -0.05) is 5.92 Å². The number of fused-ring (bicyclic) bond motifs is 1. The Morgan fingerprint density at radius 3 is 2.71 bits per heavy atom. The molecule has 1 saturated heterocycles. The molecule has 0 aliphatic carbocycles. The fourth-order valence-corrected chi connectivity index (χ4v) is 4.01. The Labute approximate surface area is 184 Å². The van der Waals surface area contributed by atoms with Crippen molar-refractivity contribution in [3.63, 3.8) is 0 Å². The Balaban J connectivity index is 1.53. The number of rotatable bonds is 5. The van der Waals surface area contributed by atoms with Crippen LogP contribution in [0, 0.1) is 23.8 Å². The molecule has 3 heterocycles. The molecule has 7 nitrogen and oxygen atoms in total. The minimum atomic E-state index is 0.00436. The van der Waals surface area contributed by atoms with E-state index < -0.39 is 0 Å². The molecule has 7 heteroatoms. The molecule has 1 fully saturated rings. The first-order chi connectivity index (χ1) is 15.2. The monoisotopic (exact) mass is 419 g/mol. The molecule has 1 aromatic heterocycles. The zero-order chi connectivity index (χ0) is 21.6. The van der Waals surface area contributed by atoms with E-state index in [1.807, 2.05) is 37.5 Å². The number of nitrogens with one attached hydrogen (secondary N) is 3. The minimum Gasteiger partial charge on any atom is -0.497 e. The van der Waals surface area contributed by atoms with Gasteiger partial charge in [0.1, 0.15) is 17.7 Å². The van der Waals surface area contributed by atoms with Gasteiger partial charge in [-0.05, 0) is 31.4 Å². The number of hydrogen-bond donors (Lipinski definition) is 3. The van der Waals surface area contributed by atoms with E-state index in [0.29, 0.717) is 12.7 Å². The van der Waals surface area contributed by atoms with Crippen molar-refractivity contribution in [1.82, 2.24) is 20.1 Å². The lowest BCUT2D eigenvalue weighted by atomic mass is 10.1. The number of benzene rings is 1. The first-order valence-electron chi connectivity index (χ1n) is 10.5.